The first-order chi connectivity index (χ1) is 13.2. The SMILES string of the molecule is CCNC(=NCc1cccc(-c2ncn[nH]2)c1)NCCc1cccc(Cl)c1.I. The number of H-pyrrole nitrogens is 1. The largest absolute Gasteiger partial charge is 0.357 e. The number of aromatic nitrogens is 3. The molecule has 0 atom stereocenters. The zero-order valence-corrected chi connectivity index (χ0v) is 18.7. The lowest BCUT2D eigenvalue weighted by Crippen LogP contribution is -2.38. The van der Waals surface area contributed by atoms with Crippen molar-refractivity contribution in [2.45, 2.75) is 19.9 Å². The van der Waals surface area contributed by atoms with Crippen LogP contribution in [0.5, 0.6) is 0 Å². The molecule has 0 bridgehead atoms. The molecule has 0 unspecified atom stereocenters. The van der Waals surface area contributed by atoms with Crippen LogP contribution in [0.25, 0.3) is 11.4 Å². The molecule has 0 radical (unpaired) electrons. The van der Waals surface area contributed by atoms with Crippen molar-refractivity contribution in [3.63, 3.8) is 0 Å². The standard InChI is InChI=1S/C20H23ClN6.HI/c1-2-22-20(23-10-9-15-5-4-8-18(21)12-15)24-13-16-6-3-7-17(11-16)19-25-14-26-27-19;/h3-8,11-12,14H,2,9-10,13H2,1H3,(H2,22,23,24)(H,25,26,27);1H. The van der Waals surface area contributed by atoms with Gasteiger partial charge < -0.3 is 10.6 Å². The molecule has 3 N–H and O–H groups in total. The first kappa shape index (κ1) is 22.2. The van der Waals surface area contributed by atoms with E-state index in [0.717, 1.165) is 47.4 Å². The van der Waals surface area contributed by atoms with Crippen LogP contribution < -0.4 is 10.6 Å². The molecule has 0 aliphatic rings. The summed E-state index contributed by atoms with van der Waals surface area (Å²) in [6.45, 7) is 4.22. The Morgan fingerprint density at radius 3 is 2.68 bits per heavy atom. The van der Waals surface area contributed by atoms with Crippen LogP contribution in [0.15, 0.2) is 59.9 Å². The van der Waals surface area contributed by atoms with Crippen LogP contribution in [0.4, 0.5) is 0 Å². The Morgan fingerprint density at radius 1 is 1.11 bits per heavy atom. The van der Waals surface area contributed by atoms with E-state index in [1.54, 1.807) is 0 Å². The van der Waals surface area contributed by atoms with Gasteiger partial charge in [-0.25, -0.2) is 9.98 Å². The van der Waals surface area contributed by atoms with Gasteiger partial charge in [-0.1, -0.05) is 41.9 Å². The second-order valence-corrected chi connectivity index (χ2v) is 6.47. The van der Waals surface area contributed by atoms with Crippen molar-refractivity contribution in [1.29, 1.82) is 0 Å². The fraction of sp³-hybridized carbons (Fsp3) is 0.250. The number of halogens is 2. The fourth-order valence-electron chi connectivity index (χ4n) is 2.69. The van der Waals surface area contributed by atoms with Crippen LogP contribution in [-0.4, -0.2) is 34.2 Å². The third kappa shape index (κ3) is 6.79. The molecule has 0 aliphatic heterocycles. The van der Waals surface area contributed by atoms with Crippen LogP contribution in [0.1, 0.15) is 18.1 Å². The van der Waals surface area contributed by atoms with E-state index in [9.17, 15) is 0 Å². The topological polar surface area (TPSA) is 78.0 Å². The molecule has 0 saturated carbocycles. The lowest BCUT2D eigenvalue weighted by Gasteiger charge is -2.11. The first-order valence-corrected chi connectivity index (χ1v) is 9.33. The van der Waals surface area contributed by atoms with E-state index in [0.29, 0.717) is 6.54 Å². The Hall–Kier alpha value is -2.13. The molecule has 1 heterocycles. The highest BCUT2D eigenvalue weighted by atomic mass is 127. The van der Waals surface area contributed by atoms with Gasteiger partial charge in [0, 0.05) is 23.7 Å². The number of hydrogen-bond acceptors (Lipinski definition) is 3. The van der Waals surface area contributed by atoms with Crippen molar-refractivity contribution in [2.24, 2.45) is 4.99 Å². The maximum Gasteiger partial charge on any atom is 0.191 e. The quantitative estimate of drug-likeness (QED) is 0.255. The van der Waals surface area contributed by atoms with Gasteiger partial charge >= 0.3 is 0 Å². The molecule has 0 amide bonds. The van der Waals surface area contributed by atoms with Crippen molar-refractivity contribution in [1.82, 2.24) is 25.8 Å². The molecule has 148 valence electrons. The van der Waals surface area contributed by atoms with Crippen molar-refractivity contribution in [2.75, 3.05) is 13.1 Å². The summed E-state index contributed by atoms with van der Waals surface area (Å²) in [5.41, 5.74) is 3.31. The molecular weight excluding hydrogens is 487 g/mol. The molecule has 0 spiro atoms. The normalized spacial score (nSPS) is 11.0. The summed E-state index contributed by atoms with van der Waals surface area (Å²) >= 11 is 6.04. The van der Waals surface area contributed by atoms with Crippen molar-refractivity contribution >= 4 is 41.5 Å². The predicted molar refractivity (Wildman–Crippen MR) is 125 cm³/mol. The summed E-state index contributed by atoms with van der Waals surface area (Å²) in [7, 11) is 0. The van der Waals surface area contributed by atoms with E-state index < -0.39 is 0 Å². The molecule has 6 nitrogen and oxygen atoms in total. The van der Waals surface area contributed by atoms with Crippen LogP contribution in [0.2, 0.25) is 5.02 Å². The van der Waals surface area contributed by atoms with E-state index in [1.165, 1.54) is 11.9 Å². The molecule has 0 fully saturated rings. The second-order valence-electron chi connectivity index (χ2n) is 6.04. The number of nitrogens with one attached hydrogen (secondary N) is 3. The van der Waals surface area contributed by atoms with Gasteiger partial charge in [0.2, 0.25) is 0 Å². The third-order valence-electron chi connectivity index (χ3n) is 3.97. The molecule has 8 heteroatoms. The van der Waals surface area contributed by atoms with Gasteiger partial charge in [-0.2, -0.15) is 5.10 Å². The fourth-order valence-corrected chi connectivity index (χ4v) is 2.90. The smallest absolute Gasteiger partial charge is 0.191 e. The summed E-state index contributed by atoms with van der Waals surface area (Å²) in [5.74, 6) is 1.55. The summed E-state index contributed by atoms with van der Waals surface area (Å²) in [4.78, 5) is 8.87. The van der Waals surface area contributed by atoms with Gasteiger partial charge in [-0.3, -0.25) is 5.10 Å². The molecule has 2 aromatic carbocycles. The maximum atomic E-state index is 6.04. The average molecular weight is 511 g/mol. The molecule has 0 saturated heterocycles. The van der Waals surface area contributed by atoms with Crippen molar-refractivity contribution < 1.29 is 0 Å². The summed E-state index contributed by atoms with van der Waals surface area (Å²) in [6.07, 6.45) is 2.39. The number of aliphatic imine (C=N–C) groups is 1. The second kappa shape index (κ2) is 11.7. The molecule has 3 aromatic rings. The average Bonchev–Trinajstić information content (AvgIpc) is 3.21. The summed E-state index contributed by atoms with van der Waals surface area (Å²) < 4.78 is 0. The van der Waals surface area contributed by atoms with Gasteiger partial charge in [0.05, 0.1) is 6.54 Å². The Morgan fingerprint density at radius 2 is 1.93 bits per heavy atom. The maximum absolute atomic E-state index is 6.04. The highest BCUT2D eigenvalue weighted by molar-refractivity contribution is 14.0. The zero-order valence-electron chi connectivity index (χ0n) is 15.7. The van der Waals surface area contributed by atoms with Gasteiger partial charge in [0.25, 0.3) is 0 Å². The Kier molecular flexibility index (Phi) is 9.22. The minimum atomic E-state index is 0. The van der Waals surface area contributed by atoms with Gasteiger partial charge in [0.15, 0.2) is 11.8 Å². The number of hydrogen-bond donors (Lipinski definition) is 3. The number of guanidine groups is 1. The van der Waals surface area contributed by atoms with E-state index >= 15 is 0 Å². The van der Waals surface area contributed by atoms with E-state index in [2.05, 4.69) is 55.9 Å². The van der Waals surface area contributed by atoms with Crippen molar-refractivity contribution in [3.05, 3.63) is 71.0 Å². The van der Waals surface area contributed by atoms with Crippen LogP contribution in [-0.2, 0) is 13.0 Å². The third-order valence-corrected chi connectivity index (χ3v) is 4.21. The van der Waals surface area contributed by atoms with Gasteiger partial charge in [0.1, 0.15) is 6.33 Å². The van der Waals surface area contributed by atoms with E-state index in [-0.39, 0.29) is 24.0 Å². The number of rotatable bonds is 7. The van der Waals surface area contributed by atoms with E-state index in [1.807, 2.05) is 30.3 Å². The first-order valence-electron chi connectivity index (χ1n) is 8.96. The van der Waals surface area contributed by atoms with Gasteiger partial charge in [-0.15, -0.1) is 24.0 Å². The highest BCUT2D eigenvalue weighted by Gasteiger charge is 2.03. The molecular formula is C20H24ClIN6. The Balaban J connectivity index is 0.00000280. The summed E-state index contributed by atoms with van der Waals surface area (Å²) in [6, 6.07) is 16.0. The number of aromatic amines is 1. The van der Waals surface area contributed by atoms with Gasteiger partial charge in [-0.05, 0) is 42.7 Å². The van der Waals surface area contributed by atoms with Crippen molar-refractivity contribution in [3.8, 4) is 11.4 Å². The zero-order chi connectivity index (χ0) is 18.9. The van der Waals surface area contributed by atoms with Crippen LogP contribution in [0, 0.1) is 0 Å². The molecule has 28 heavy (non-hydrogen) atoms. The monoisotopic (exact) mass is 510 g/mol. The minimum absolute atomic E-state index is 0. The van der Waals surface area contributed by atoms with Crippen LogP contribution >= 0.6 is 35.6 Å². The highest BCUT2D eigenvalue weighted by Crippen LogP contribution is 2.16. The molecule has 0 aliphatic carbocycles. The number of benzene rings is 2. The molecule has 1 aromatic heterocycles. The number of nitrogens with zero attached hydrogens (tertiary/aromatic N) is 3. The minimum Gasteiger partial charge on any atom is -0.357 e. The van der Waals surface area contributed by atoms with Crippen LogP contribution in [0.3, 0.4) is 0 Å². The predicted octanol–water partition coefficient (Wildman–Crippen LogP) is 4.04. The molecule has 3 rings (SSSR count). The van der Waals surface area contributed by atoms with E-state index in [4.69, 9.17) is 11.6 Å². The lowest BCUT2D eigenvalue weighted by molar-refractivity contribution is 0.799. The Labute approximate surface area is 187 Å². The summed E-state index contributed by atoms with van der Waals surface area (Å²) in [5, 5.41) is 14.2. The Bertz CT molecular complexity index is 882. The lowest BCUT2D eigenvalue weighted by atomic mass is 10.1.